The van der Waals surface area contributed by atoms with E-state index < -0.39 is 0 Å². The number of nitrogens with one attached hydrogen (secondary N) is 3. The van der Waals surface area contributed by atoms with Crippen molar-refractivity contribution in [1.82, 2.24) is 4.98 Å². The second kappa shape index (κ2) is 10.9. The number of fused-ring (bicyclic) bond motifs is 1. The summed E-state index contributed by atoms with van der Waals surface area (Å²) < 4.78 is 6.22. The van der Waals surface area contributed by atoms with Gasteiger partial charge in [0.2, 0.25) is 5.91 Å². The molecule has 1 atom stereocenters. The second-order valence-corrected chi connectivity index (χ2v) is 10.4. The summed E-state index contributed by atoms with van der Waals surface area (Å²) in [6, 6.07) is 21.5. The first-order valence-corrected chi connectivity index (χ1v) is 12.7. The summed E-state index contributed by atoms with van der Waals surface area (Å²) in [5, 5.41) is 10.1. The van der Waals surface area contributed by atoms with Crippen LogP contribution >= 0.6 is 35.3 Å². The third-order valence-electron chi connectivity index (χ3n) is 4.91. The van der Waals surface area contributed by atoms with Crippen LogP contribution in [-0.2, 0) is 4.79 Å². The van der Waals surface area contributed by atoms with Gasteiger partial charge in [0.25, 0.3) is 0 Å². The highest BCUT2D eigenvalue weighted by Gasteiger charge is 2.17. The summed E-state index contributed by atoms with van der Waals surface area (Å²) in [5.41, 5.74) is 3.79. The van der Waals surface area contributed by atoms with Gasteiger partial charge in [0.05, 0.1) is 22.6 Å². The van der Waals surface area contributed by atoms with Gasteiger partial charge in [-0.2, -0.15) is 0 Å². The van der Waals surface area contributed by atoms with Gasteiger partial charge in [0.15, 0.2) is 10.2 Å². The number of hydrogen-bond acceptors (Lipinski definition) is 6. The number of methoxy groups -OCH3 is 1. The quantitative estimate of drug-likeness (QED) is 0.193. The molecular weight excluding hydrogens is 485 g/mol. The maximum atomic E-state index is 12.8. The molecule has 1 aromatic heterocycles. The number of thiocarbonyl (C=S) groups is 1. The number of thiazole rings is 1. The summed E-state index contributed by atoms with van der Waals surface area (Å²) in [6.07, 6.45) is 0. The van der Waals surface area contributed by atoms with Gasteiger partial charge >= 0.3 is 0 Å². The average Bonchev–Trinajstić information content (AvgIpc) is 3.22. The summed E-state index contributed by atoms with van der Waals surface area (Å²) in [6.45, 7) is 3.92. The smallest absolute Gasteiger partial charge is 0.239 e. The van der Waals surface area contributed by atoms with E-state index in [1.165, 1.54) is 28.7 Å². The topological polar surface area (TPSA) is 75.3 Å². The first kappa shape index (κ1) is 24.0. The predicted molar refractivity (Wildman–Crippen MR) is 148 cm³/mol. The number of hydrogen-bond donors (Lipinski definition) is 3. The Morgan fingerprint density at radius 1 is 1.03 bits per heavy atom. The lowest BCUT2D eigenvalue weighted by Crippen LogP contribution is -2.22. The zero-order valence-electron chi connectivity index (χ0n) is 18.9. The third kappa shape index (κ3) is 6.25. The summed E-state index contributed by atoms with van der Waals surface area (Å²) in [7, 11) is 1.63. The molecule has 0 saturated heterocycles. The van der Waals surface area contributed by atoms with Gasteiger partial charge in [-0.15, -0.1) is 11.8 Å². The number of anilines is 3. The molecule has 0 bridgehead atoms. The normalized spacial score (nSPS) is 11.6. The number of aryl methyl sites for hydroxylation is 1. The Kier molecular flexibility index (Phi) is 7.66. The van der Waals surface area contributed by atoms with E-state index in [0.29, 0.717) is 10.2 Å². The van der Waals surface area contributed by atoms with Gasteiger partial charge in [0, 0.05) is 16.3 Å². The first-order chi connectivity index (χ1) is 16.4. The minimum atomic E-state index is -0.311. The average molecular weight is 509 g/mol. The molecule has 0 radical (unpaired) electrons. The van der Waals surface area contributed by atoms with Gasteiger partial charge in [0.1, 0.15) is 5.75 Å². The van der Waals surface area contributed by atoms with E-state index >= 15 is 0 Å². The minimum absolute atomic E-state index is 0.106. The molecule has 0 aliphatic heterocycles. The Balaban J connectivity index is 1.34. The molecule has 4 aromatic rings. The molecule has 1 amide bonds. The van der Waals surface area contributed by atoms with Crippen molar-refractivity contribution >= 4 is 73.1 Å². The number of carbonyl (C=O) groups excluding carboxylic acids is 1. The molecule has 9 heteroatoms. The van der Waals surface area contributed by atoms with Gasteiger partial charge in [-0.25, -0.2) is 4.98 Å². The highest BCUT2D eigenvalue weighted by atomic mass is 32.2. The maximum Gasteiger partial charge on any atom is 0.239 e. The molecule has 3 aromatic carbocycles. The molecule has 4 rings (SSSR count). The first-order valence-electron chi connectivity index (χ1n) is 10.6. The molecule has 0 fully saturated rings. The standard InChI is InChI=1S/C25H24N4O2S3/c1-15-7-9-17(10-8-15)26-24(32)27-18-5-4-6-20(13-18)33-16(2)23(30)29-25-28-21-12-11-19(31-3)14-22(21)34-25/h4-14,16H,1-3H3,(H2,26,27,32)(H,28,29,30). The molecule has 0 aliphatic carbocycles. The number of benzene rings is 3. The molecule has 3 N–H and O–H groups in total. The molecule has 34 heavy (non-hydrogen) atoms. The molecule has 1 unspecified atom stereocenters. The lowest BCUT2D eigenvalue weighted by atomic mass is 10.2. The Labute approximate surface area is 212 Å². The Bertz CT molecular complexity index is 1320. The van der Waals surface area contributed by atoms with Gasteiger partial charge in [-0.1, -0.05) is 35.1 Å². The van der Waals surface area contributed by atoms with Crippen molar-refractivity contribution in [2.24, 2.45) is 0 Å². The van der Waals surface area contributed by atoms with E-state index in [9.17, 15) is 4.79 Å². The minimum Gasteiger partial charge on any atom is -0.497 e. The second-order valence-electron chi connectivity index (χ2n) is 7.57. The number of ether oxygens (including phenoxy) is 1. The van der Waals surface area contributed by atoms with Gasteiger partial charge in [-0.3, -0.25) is 4.79 Å². The van der Waals surface area contributed by atoms with E-state index in [0.717, 1.165) is 32.2 Å². The summed E-state index contributed by atoms with van der Waals surface area (Å²) in [5.74, 6) is 0.658. The number of rotatable bonds is 7. The lowest BCUT2D eigenvalue weighted by Gasteiger charge is -2.13. The molecule has 0 aliphatic rings. The summed E-state index contributed by atoms with van der Waals surface area (Å²) >= 11 is 8.33. The fraction of sp³-hybridized carbons (Fsp3) is 0.160. The molecule has 6 nitrogen and oxygen atoms in total. The monoisotopic (exact) mass is 508 g/mol. The lowest BCUT2D eigenvalue weighted by molar-refractivity contribution is -0.115. The predicted octanol–water partition coefficient (Wildman–Crippen LogP) is 6.54. The Hall–Kier alpha value is -3.14. The van der Waals surface area contributed by atoms with E-state index in [2.05, 4.69) is 20.9 Å². The Morgan fingerprint density at radius 3 is 2.56 bits per heavy atom. The number of carbonyl (C=O) groups is 1. The summed E-state index contributed by atoms with van der Waals surface area (Å²) in [4.78, 5) is 18.2. The molecule has 1 heterocycles. The molecule has 174 valence electrons. The highest BCUT2D eigenvalue weighted by Crippen LogP contribution is 2.31. The number of thioether (sulfide) groups is 1. The highest BCUT2D eigenvalue weighted by molar-refractivity contribution is 8.00. The van der Waals surface area contributed by atoms with Crippen molar-refractivity contribution in [2.45, 2.75) is 24.0 Å². The van der Waals surface area contributed by atoms with Crippen LogP contribution in [0.25, 0.3) is 10.2 Å². The SMILES string of the molecule is COc1ccc2nc(NC(=O)C(C)Sc3cccc(NC(=S)Nc4ccc(C)cc4)c3)sc2c1. The van der Waals surface area contributed by atoms with Crippen molar-refractivity contribution in [3.8, 4) is 5.75 Å². The van der Waals surface area contributed by atoms with Crippen molar-refractivity contribution in [2.75, 3.05) is 23.1 Å². The van der Waals surface area contributed by atoms with Crippen molar-refractivity contribution in [3.05, 3.63) is 72.3 Å². The van der Waals surface area contributed by atoms with Crippen LogP contribution in [0.4, 0.5) is 16.5 Å². The molecular formula is C25H24N4O2S3. The van der Waals surface area contributed by atoms with Gasteiger partial charge < -0.3 is 20.7 Å². The van der Waals surface area contributed by atoms with Crippen molar-refractivity contribution < 1.29 is 9.53 Å². The van der Waals surface area contributed by atoms with Crippen LogP contribution in [0, 0.1) is 6.92 Å². The van der Waals surface area contributed by atoms with Crippen LogP contribution in [0.1, 0.15) is 12.5 Å². The van der Waals surface area contributed by atoms with Crippen LogP contribution in [-0.4, -0.2) is 28.4 Å². The molecule has 0 saturated carbocycles. The molecule has 0 spiro atoms. The van der Waals surface area contributed by atoms with Gasteiger partial charge in [-0.05, 0) is 74.6 Å². The zero-order valence-corrected chi connectivity index (χ0v) is 21.4. The fourth-order valence-corrected chi connectivity index (χ4v) is 5.19. The van der Waals surface area contributed by atoms with Crippen LogP contribution in [0.2, 0.25) is 0 Å². The van der Waals surface area contributed by atoms with Crippen molar-refractivity contribution in [3.63, 3.8) is 0 Å². The van der Waals surface area contributed by atoms with E-state index in [-0.39, 0.29) is 11.2 Å². The van der Waals surface area contributed by atoms with E-state index in [1.54, 1.807) is 7.11 Å². The zero-order chi connectivity index (χ0) is 24.1. The van der Waals surface area contributed by atoms with E-state index in [4.69, 9.17) is 17.0 Å². The number of nitrogens with zero attached hydrogens (tertiary/aromatic N) is 1. The Morgan fingerprint density at radius 2 is 1.79 bits per heavy atom. The number of amides is 1. The number of aromatic nitrogens is 1. The largest absolute Gasteiger partial charge is 0.497 e. The van der Waals surface area contributed by atoms with Crippen LogP contribution in [0.3, 0.4) is 0 Å². The maximum absolute atomic E-state index is 12.8. The fourth-order valence-electron chi connectivity index (χ4n) is 3.13. The van der Waals surface area contributed by atoms with Crippen LogP contribution < -0.4 is 20.7 Å². The van der Waals surface area contributed by atoms with E-state index in [1.807, 2.05) is 80.6 Å². The van der Waals surface area contributed by atoms with Crippen LogP contribution in [0.15, 0.2) is 71.6 Å². The van der Waals surface area contributed by atoms with Crippen LogP contribution in [0.5, 0.6) is 5.75 Å². The third-order valence-corrected chi connectivity index (χ3v) is 7.14. The van der Waals surface area contributed by atoms with Crippen molar-refractivity contribution in [1.29, 1.82) is 0 Å².